The number of oxazole rings is 1. The van der Waals surface area contributed by atoms with E-state index in [1.807, 2.05) is 30.0 Å². The number of sulfone groups is 1. The average molecular weight is 445 g/mol. The standard InChI is InChI=1S/C23H25ClN2O3S/c1-3-17-7-9-20(10-8-17)30(27,28)22-23(26-13-11-16(2)12-14-26)29-21(25-22)18-5-4-6-19(24)15-18/h4-10,15-16H,3,11-14H2,1-2H3. The van der Waals surface area contributed by atoms with Gasteiger partial charge in [-0.2, -0.15) is 4.98 Å². The van der Waals surface area contributed by atoms with Crippen molar-refractivity contribution in [1.29, 1.82) is 0 Å². The second-order valence-electron chi connectivity index (χ2n) is 7.81. The molecule has 0 spiro atoms. The van der Waals surface area contributed by atoms with Crippen molar-refractivity contribution in [3.63, 3.8) is 0 Å². The molecule has 0 atom stereocenters. The molecule has 1 aliphatic heterocycles. The number of aryl methyl sites for hydroxylation is 1. The van der Waals surface area contributed by atoms with E-state index in [0.29, 0.717) is 22.4 Å². The fourth-order valence-electron chi connectivity index (χ4n) is 3.65. The Balaban J connectivity index is 1.81. The van der Waals surface area contributed by atoms with Crippen molar-refractivity contribution in [2.24, 2.45) is 5.92 Å². The first-order chi connectivity index (χ1) is 14.4. The minimum absolute atomic E-state index is 0.0312. The first-order valence-corrected chi connectivity index (χ1v) is 12.1. The van der Waals surface area contributed by atoms with E-state index in [0.717, 1.165) is 37.9 Å². The number of piperidine rings is 1. The minimum atomic E-state index is -3.83. The van der Waals surface area contributed by atoms with Crippen LogP contribution >= 0.6 is 11.6 Å². The van der Waals surface area contributed by atoms with Crippen LogP contribution in [0.4, 0.5) is 5.88 Å². The Morgan fingerprint density at radius 3 is 2.47 bits per heavy atom. The number of benzene rings is 2. The van der Waals surface area contributed by atoms with E-state index in [1.54, 1.807) is 30.3 Å². The third-order valence-electron chi connectivity index (χ3n) is 5.62. The number of anilines is 1. The Morgan fingerprint density at radius 2 is 1.83 bits per heavy atom. The number of halogens is 1. The fourth-order valence-corrected chi connectivity index (χ4v) is 5.16. The molecule has 0 aliphatic carbocycles. The van der Waals surface area contributed by atoms with Crippen molar-refractivity contribution in [2.45, 2.75) is 43.0 Å². The van der Waals surface area contributed by atoms with Gasteiger partial charge in [-0.15, -0.1) is 0 Å². The van der Waals surface area contributed by atoms with Gasteiger partial charge in [0.15, 0.2) is 0 Å². The van der Waals surface area contributed by atoms with Gasteiger partial charge < -0.3 is 9.32 Å². The zero-order chi connectivity index (χ0) is 21.3. The molecule has 4 rings (SSSR count). The lowest BCUT2D eigenvalue weighted by atomic mass is 9.99. The number of rotatable bonds is 5. The molecule has 0 saturated carbocycles. The van der Waals surface area contributed by atoms with Gasteiger partial charge in [0.05, 0.1) is 4.90 Å². The Morgan fingerprint density at radius 1 is 1.13 bits per heavy atom. The van der Waals surface area contributed by atoms with Crippen molar-refractivity contribution < 1.29 is 12.8 Å². The summed E-state index contributed by atoms with van der Waals surface area (Å²) in [6, 6.07) is 14.1. The summed E-state index contributed by atoms with van der Waals surface area (Å²) in [6.45, 7) is 5.72. The molecule has 30 heavy (non-hydrogen) atoms. The summed E-state index contributed by atoms with van der Waals surface area (Å²) in [5.41, 5.74) is 1.73. The molecule has 0 bridgehead atoms. The lowest BCUT2D eigenvalue weighted by molar-refractivity contribution is 0.415. The van der Waals surface area contributed by atoms with Crippen LogP contribution in [-0.2, 0) is 16.3 Å². The summed E-state index contributed by atoms with van der Waals surface area (Å²) in [7, 11) is -3.83. The van der Waals surface area contributed by atoms with Crippen molar-refractivity contribution in [3.05, 3.63) is 59.1 Å². The van der Waals surface area contributed by atoms with E-state index in [1.165, 1.54) is 0 Å². The van der Waals surface area contributed by atoms with E-state index in [9.17, 15) is 8.42 Å². The molecule has 1 aliphatic rings. The fraction of sp³-hybridized carbons (Fsp3) is 0.348. The van der Waals surface area contributed by atoms with Crippen LogP contribution in [0.5, 0.6) is 0 Å². The van der Waals surface area contributed by atoms with Gasteiger partial charge in [0, 0.05) is 23.7 Å². The average Bonchev–Trinajstić information content (AvgIpc) is 3.21. The van der Waals surface area contributed by atoms with Crippen molar-refractivity contribution in [1.82, 2.24) is 4.98 Å². The largest absolute Gasteiger partial charge is 0.419 e. The molecule has 0 amide bonds. The Bertz CT molecular complexity index is 1130. The smallest absolute Gasteiger partial charge is 0.236 e. The van der Waals surface area contributed by atoms with E-state index in [4.69, 9.17) is 16.0 Å². The van der Waals surface area contributed by atoms with Gasteiger partial charge in [0.2, 0.25) is 26.6 Å². The van der Waals surface area contributed by atoms with Crippen LogP contribution in [0.25, 0.3) is 11.5 Å². The first-order valence-electron chi connectivity index (χ1n) is 10.2. The summed E-state index contributed by atoms with van der Waals surface area (Å²) in [5.74, 6) is 1.18. The summed E-state index contributed by atoms with van der Waals surface area (Å²) in [4.78, 5) is 6.67. The lowest BCUT2D eigenvalue weighted by Crippen LogP contribution is -2.33. The normalized spacial score (nSPS) is 15.5. The second-order valence-corrected chi connectivity index (χ2v) is 10.1. The van der Waals surface area contributed by atoms with Crippen molar-refractivity contribution in [2.75, 3.05) is 18.0 Å². The second kappa shape index (κ2) is 8.44. The zero-order valence-electron chi connectivity index (χ0n) is 17.1. The first kappa shape index (κ1) is 20.9. The van der Waals surface area contributed by atoms with Gasteiger partial charge in [-0.05, 0) is 61.1 Å². The topological polar surface area (TPSA) is 63.4 Å². The number of nitrogens with zero attached hydrogens (tertiary/aromatic N) is 2. The Kier molecular flexibility index (Phi) is 5.89. The Hall–Kier alpha value is -2.31. The predicted octanol–water partition coefficient (Wildman–Crippen LogP) is 5.63. The van der Waals surface area contributed by atoms with Crippen LogP contribution in [0.2, 0.25) is 5.02 Å². The lowest BCUT2D eigenvalue weighted by Gasteiger charge is -2.30. The molecule has 1 aromatic heterocycles. The highest BCUT2D eigenvalue weighted by molar-refractivity contribution is 7.91. The van der Waals surface area contributed by atoms with Crippen LogP contribution < -0.4 is 4.90 Å². The van der Waals surface area contributed by atoms with Gasteiger partial charge >= 0.3 is 0 Å². The van der Waals surface area contributed by atoms with Crippen LogP contribution in [0.1, 0.15) is 32.3 Å². The van der Waals surface area contributed by atoms with Gasteiger partial charge in [-0.3, -0.25) is 0 Å². The monoisotopic (exact) mass is 444 g/mol. The minimum Gasteiger partial charge on any atom is -0.419 e. The molecule has 5 nitrogen and oxygen atoms in total. The highest BCUT2D eigenvalue weighted by atomic mass is 35.5. The molecule has 2 aromatic carbocycles. The molecule has 2 heterocycles. The quantitative estimate of drug-likeness (QED) is 0.510. The van der Waals surface area contributed by atoms with Crippen LogP contribution in [0.15, 0.2) is 62.9 Å². The SMILES string of the molecule is CCc1ccc(S(=O)(=O)c2nc(-c3cccc(Cl)c3)oc2N2CCC(C)CC2)cc1. The maximum atomic E-state index is 13.5. The molecule has 0 unspecified atom stereocenters. The van der Waals surface area contributed by atoms with Gasteiger partial charge in [-0.1, -0.05) is 43.6 Å². The summed E-state index contributed by atoms with van der Waals surface area (Å²) in [5, 5.41) is 0.509. The predicted molar refractivity (Wildman–Crippen MR) is 119 cm³/mol. The molecular weight excluding hydrogens is 420 g/mol. The molecule has 0 radical (unpaired) electrons. The van der Waals surface area contributed by atoms with Gasteiger partial charge in [0.25, 0.3) is 0 Å². The van der Waals surface area contributed by atoms with Gasteiger partial charge in [0.1, 0.15) is 0 Å². The molecule has 158 valence electrons. The molecule has 0 N–H and O–H groups in total. The maximum Gasteiger partial charge on any atom is 0.236 e. The highest BCUT2D eigenvalue weighted by Gasteiger charge is 2.32. The maximum absolute atomic E-state index is 13.5. The number of aromatic nitrogens is 1. The van der Waals surface area contributed by atoms with Crippen molar-refractivity contribution >= 4 is 27.3 Å². The van der Waals surface area contributed by atoms with E-state index in [2.05, 4.69) is 11.9 Å². The molecular formula is C23H25ClN2O3S. The van der Waals surface area contributed by atoms with Crippen LogP contribution in [0, 0.1) is 5.92 Å². The van der Waals surface area contributed by atoms with Crippen molar-refractivity contribution in [3.8, 4) is 11.5 Å². The summed E-state index contributed by atoms with van der Waals surface area (Å²) >= 11 is 6.12. The van der Waals surface area contributed by atoms with E-state index < -0.39 is 9.84 Å². The summed E-state index contributed by atoms with van der Waals surface area (Å²) in [6.07, 6.45) is 2.82. The number of hydrogen-bond acceptors (Lipinski definition) is 5. The molecule has 1 fully saturated rings. The number of hydrogen-bond donors (Lipinski definition) is 0. The van der Waals surface area contributed by atoms with Crippen LogP contribution in [0.3, 0.4) is 0 Å². The summed E-state index contributed by atoms with van der Waals surface area (Å²) < 4.78 is 33.1. The molecule has 3 aromatic rings. The molecule has 7 heteroatoms. The van der Waals surface area contributed by atoms with Gasteiger partial charge in [-0.25, -0.2) is 8.42 Å². The highest BCUT2D eigenvalue weighted by Crippen LogP contribution is 2.36. The van der Waals surface area contributed by atoms with Crippen LogP contribution in [-0.4, -0.2) is 26.5 Å². The Labute approximate surface area is 182 Å². The zero-order valence-corrected chi connectivity index (χ0v) is 18.7. The van der Waals surface area contributed by atoms with E-state index >= 15 is 0 Å². The van der Waals surface area contributed by atoms with E-state index in [-0.39, 0.29) is 15.8 Å². The third-order valence-corrected chi connectivity index (χ3v) is 7.52. The third kappa shape index (κ3) is 4.12. The molecule has 1 saturated heterocycles.